The molecule has 0 spiro atoms. The second-order valence-corrected chi connectivity index (χ2v) is 4.61. The fraction of sp³-hybridized carbons (Fsp3) is 0.417. The Morgan fingerprint density at radius 3 is 2.65 bits per heavy atom. The molecule has 0 fully saturated rings. The molecule has 94 valence electrons. The Bertz CT molecular complexity index is 423. The van der Waals surface area contributed by atoms with E-state index < -0.39 is 11.5 Å². The van der Waals surface area contributed by atoms with Crippen LogP contribution in [0.5, 0.6) is 0 Å². The molecule has 0 radical (unpaired) electrons. The lowest BCUT2D eigenvalue weighted by Gasteiger charge is -2.29. The summed E-state index contributed by atoms with van der Waals surface area (Å²) in [5.74, 6) is -0.400. The van der Waals surface area contributed by atoms with Gasteiger partial charge in [0.1, 0.15) is 5.54 Å². The summed E-state index contributed by atoms with van der Waals surface area (Å²) in [7, 11) is 1.34. The molecular formula is C12H15Cl2NO2. The maximum absolute atomic E-state index is 11.9. The molecule has 0 aromatic heterocycles. The number of ether oxygens (including phenoxy) is 1. The molecule has 0 saturated heterocycles. The molecule has 0 heterocycles. The van der Waals surface area contributed by atoms with E-state index in [4.69, 9.17) is 27.9 Å². The lowest BCUT2D eigenvalue weighted by molar-refractivity contribution is -0.148. The van der Waals surface area contributed by atoms with Crippen LogP contribution in [0.3, 0.4) is 0 Å². The van der Waals surface area contributed by atoms with E-state index >= 15 is 0 Å². The number of carbonyl (C=O) groups is 1. The number of rotatable bonds is 4. The summed E-state index contributed by atoms with van der Waals surface area (Å²) in [4.78, 5) is 11.9. The summed E-state index contributed by atoms with van der Waals surface area (Å²) in [6.45, 7) is 4.23. The Kier molecular flexibility index (Phi) is 4.80. The van der Waals surface area contributed by atoms with Gasteiger partial charge in [0.15, 0.2) is 0 Å². The lowest BCUT2D eigenvalue weighted by atomic mass is 9.92. The third kappa shape index (κ3) is 2.92. The van der Waals surface area contributed by atoms with Crippen LogP contribution in [0.15, 0.2) is 18.2 Å². The van der Waals surface area contributed by atoms with E-state index in [1.54, 1.807) is 25.1 Å². The van der Waals surface area contributed by atoms with Crippen LogP contribution in [0, 0.1) is 0 Å². The summed E-state index contributed by atoms with van der Waals surface area (Å²) in [6, 6.07) is 5.01. The Balaban J connectivity index is 3.31. The normalized spacial score (nSPS) is 14.2. The summed E-state index contributed by atoms with van der Waals surface area (Å²) < 4.78 is 4.81. The zero-order chi connectivity index (χ0) is 13.1. The quantitative estimate of drug-likeness (QED) is 0.859. The Labute approximate surface area is 111 Å². The van der Waals surface area contributed by atoms with Crippen LogP contribution in [0.4, 0.5) is 0 Å². The Morgan fingerprint density at radius 2 is 2.12 bits per heavy atom. The maximum atomic E-state index is 11.9. The summed E-state index contributed by atoms with van der Waals surface area (Å²) in [5, 5.41) is 4.08. The first kappa shape index (κ1) is 14.3. The van der Waals surface area contributed by atoms with Gasteiger partial charge in [-0.25, -0.2) is 4.79 Å². The molecule has 1 aromatic rings. The minimum Gasteiger partial charge on any atom is -0.467 e. The second-order valence-electron chi connectivity index (χ2n) is 3.77. The number of halogens is 2. The van der Waals surface area contributed by atoms with E-state index in [0.717, 1.165) is 0 Å². The minimum absolute atomic E-state index is 0.400. The van der Waals surface area contributed by atoms with Crippen molar-refractivity contribution in [1.82, 2.24) is 5.32 Å². The number of carbonyl (C=O) groups excluding carboxylic acids is 1. The number of nitrogens with one attached hydrogen (secondary N) is 1. The average Bonchev–Trinajstić information content (AvgIpc) is 2.31. The minimum atomic E-state index is -0.995. The van der Waals surface area contributed by atoms with E-state index in [2.05, 4.69) is 5.32 Å². The molecule has 1 rings (SSSR count). The van der Waals surface area contributed by atoms with Gasteiger partial charge in [-0.3, -0.25) is 5.32 Å². The molecule has 1 atom stereocenters. The van der Waals surface area contributed by atoms with Crippen molar-refractivity contribution < 1.29 is 9.53 Å². The maximum Gasteiger partial charge on any atom is 0.330 e. The highest BCUT2D eigenvalue weighted by molar-refractivity contribution is 6.33. The number of benzene rings is 1. The number of likely N-dealkylation sites (N-methyl/N-ethyl adjacent to an activating group) is 1. The number of esters is 1. The van der Waals surface area contributed by atoms with Gasteiger partial charge in [-0.2, -0.15) is 0 Å². The molecule has 3 nitrogen and oxygen atoms in total. The van der Waals surface area contributed by atoms with Crippen molar-refractivity contribution in [3.8, 4) is 0 Å². The molecule has 0 aliphatic rings. The molecular weight excluding hydrogens is 261 g/mol. The van der Waals surface area contributed by atoms with Gasteiger partial charge < -0.3 is 4.74 Å². The summed E-state index contributed by atoms with van der Waals surface area (Å²) in [6.07, 6.45) is 0. The van der Waals surface area contributed by atoms with Crippen molar-refractivity contribution in [2.75, 3.05) is 13.7 Å². The van der Waals surface area contributed by atoms with Gasteiger partial charge >= 0.3 is 5.97 Å². The Hall–Kier alpha value is -0.770. The van der Waals surface area contributed by atoms with Crippen molar-refractivity contribution in [2.24, 2.45) is 0 Å². The Morgan fingerprint density at radius 1 is 1.47 bits per heavy atom. The SMILES string of the molecule is CCNC(C)(C(=O)OC)c1cc(Cl)ccc1Cl. The van der Waals surface area contributed by atoms with Gasteiger partial charge in [0.05, 0.1) is 7.11 Å². The highest BCUT2D eigenvalue weighted by Gasteiger charge is 2.37. The summed E-state index contributed by atoms with van der Waals surface area (Å²) in [5.41, 5.74) is -0.383. The first-order chi connectivity index (χ1) is 7.95. The molecule has 1 aromatic carbocycles. The van der Waals surface area contributed by atoms with Crippen molar-refractivity contribution in [3.63, 3.8) is 0 Å². The second kappa shape index (κ2) is 5.71. The van der Waals surface area contributed by atoms with Crippen LogP contribution < -0.4 is 5.32 Å². The molecule has 0 amide bonds. The van der Waals surface area contributed by atoms with Crippen LogP contribution >= 0.6 is 23.2 Å². The highest BCUT2D eigenvalue weighted by atomic mass is 35.5. The standard InChI is InChI=1S/C12H15Cl2NO2/c1-4-15-12(2,11(16)17-3)9-7-8(13)5-6-10(9)14/h5-7,15H,4H2,1-3H3. The molecule has 5 heteroatoms. The monoisotopic (exact) mass is 275 g/mol. The predicted octanol–water partition coefficient (Wildman–Crippen LogP) is 2.99. The van der Waals surface area contributed by atoms with E-state index in [1.165, 1.54) is 7.11 Å². The number of hydrogen-bond acceptors (Lipinski definition) is 3. The van der Waals surface area contributed by atoms with Gasteiger partial charge in [0.25, 0.3) is 0 Å². The third-order valence-electron chi connectivity index (χ3n) is 2.59. The van der Waals surface area contributed by atoms with Crippen molar-refractivity contribution in [3.05, 3.63) is 33.8 Å². The van der Waals surface area contributed by atoms with E-state index in [-0.39, 0.29) is 0 Å². The number of hydrogen-bond donors (Lipinski definition) is 1. The molecule has 1 N–H and O–H groups in total. The molecule has 0 aliphatic heterocycles. The number of methoxy groups -OCH3 is 1. The van der Waals surface area contributed by atoms with E-state index in [0.29, 0.717) is 22.2 Å². The molecule has 17 heavy (non-hydrogen) atoms. The fourth-order valence-corrected chi connectivity index (χ4v) is 2.19. The van der Waals surface area contributed by atoms with Gasteiger partial charge in [-0.15, -0.1) is 0 Å². The first-order valence-electron chi connectivity index (χ1n) is 5.24. The smallest absolute Gasteiger partial charge is 0.330 e. The first-order valence-corrected chi connectivity index (χ1v) is 6.00. The van der Waals surface area contributed by atoms with Crippen LogP contribution in [-0.4, -0.2) is 19.6 Å². The van der Waals surface area contributed by atoms with Gasteiger partial charge in [0.2, 0.25) is 0 Å². The zero-order valence-electron chi connectivity index (χ0n) is 10.0. The van der Waals surface area contributed by atoms with Crippen molar-refractivity contribution >= 4 is 29.2 Å². The highest BCUT2D eigenvalue weighted by Crippen LogP contribution is 2.31. The lowest BCUT2D eigenvalue weighted by Crippen LogP contribution is -2.47. The topological polar surface area (TPSA) is 38.3 Å². The van der Waals surface area contributed by atoms with Gasteiger partial charge in [-0.1, -0.05) is 30.1 Å². The van der Waals surface area contributed by atoms with E-state index in [9.17, 15) is 4.79 Å². The molecule has 0 saturated carbocycles. The van der Waals surface area contributed by atoms with E-state index in [1.807, 2.05) is 6.92 Å². The van der Waals surface area contributed by atoms with Crippen LogP contribution in [0.1, 0.15) is 19.4 Å². The molecule has 0 aliphatic carbocycles. The predicted molar refractivity (Wildman–Crippen MR) is 69.5 cm³/mol. The van der Waals surface area contributed by atoms with Crippen LogP contribution in [-0.2, 0) is 15.1 Å². The zero-order valence-corrected chi connectivity index (χ0v) is 11.5. The molecule has 1 unspecified atom stereocenters. The van der Waals surface area contributed by atoms with Crippen LogP contribution in [0.2, 0.25) is 10.0 Å². The van der Waals surface area contributed by atoms with Gasteiger partial charge in [0, 0.05) is 15.6 Å². The van der Waals surface area contributed by atoms with Crippen molar-refractivity contribution in [2.45, 2.75) is 19.4 Å². The third-order valence-corrected chi connectivity index (χ3v) is 3.16. The van der Waals surface area contributed by atoms with Gasteiger partial charge in [-0.05, 0) is 31.7 Å². The average molecular weight is 276 g/mol. The summed E-state index contributed by atoms with van der Waals surface area (Å²) >= 11 is 12.0. The largest absolute Gasteiger partial charge is 0.467 e. The van der Waals surface area contributed by atoms with Crippen LogP contribution in [0.25, 0.3) is 0 Å². The van der Waals surface area contributed by atoms with Crippen molar-refractivity contribution in [1.29, 1.82) is 0 Å². The fourth-order valence-electron chi connectivity index (χ4n) is 1.72. The molecule has 0 bridgehead atoms.